The molecule has 0 aliphatic rings. The Hall–Kier alpha value is -3.28. The van der Waals surface area contributed by atoms with Gasteiger partial charge in [0.1, 0.15) is 5.82 Å². The molecule has 124 valence electrons. The maximum absolute atomic E-state index is 4.62. The predicted octanol–water partition coefficient (Wildman–Crippen LogP) is 3.44. The quantitative estimate of drug-likeness (QED) is 0.621. The van der Waals surface area contributed by atoms with Gasteiger partial charge in [0.2, 0.25) is 0 Å². The summed E-state index contributed by atoms with van der Waals surface area (Å²) >= 11 is 0. The number of fused-ring (bicyclic) bond motifs is 1. The smallest absolute Gasteiger partial charge is 0.174 e. The van der Waals surface area contributed by atoms with Gasteiger partial charge in [0.15, 0.2) is 5.82 Å². The zero-order valence-corrected chi connectivity index (χ0v) is 14.1. The van der Waals surface area contributed by atoms with Gasteiger partial charge in [-0.05, 0) is 31.5 Å². The Morgan fingerprint density at radius 1 is 1.08 bits per heavy atom. The third-order valence-electron chi connectivity index (χ3n) is 4.02. The van der Waals surface area contributed by atoms with Crippen LogP contribution in [0.25, 0.3) is 16.7 Å². The molecule has 25 heavy (non-hydrogen) atoms. The van der Waals surface area contributed by atoms with Gasteiger partial charge in [-0.25, -0.2) is 9.67 Å². The fraction of sp³-hybridized carbons (Fsp3) is 0.158. The summed E-state index contributed by atoms with van der Waals surface area (Å²) in [4.78, 5) is 13.4. The van der Waals surface area contributed by atoms with Crippen molar-refractivity contribution in [3.8, 4) is 5.82 Å². The number of benzene rings is 1. The van der Waals surface area contributed by atoms with Crippen molar-refractivity contribution in [3.05, 3.63) is 71.9 Å². The van der Waals surface area contributed by atoms with Gasteiger partial charge in [-0.2, -0.15) is 5.10 Å². The van der Waals surface area contributed by atoms with E-state index in [1.807, 2.05) is 38.2 Å². The van der Waals surface area contributed by atoms with Gasteiger partial charge < -0.3 is 5.32 Å². The monoisotopic (exact) mass is 330 g/mol. The molecule has 0 amide bonds. The first kappa shape index (κ1) is 15.3. The second-order valence-electron chi connectivity index (χ2n) is 5.95. The van der Waals surface area contributed by atoms with Crippen molar-refractivity contribution in [2.45, 2.75) is 20.4 Å². The third kappa shape index (κ3) is 3.06. The van der Waals surface area contributed by atoms with Crippen molar-refractivity contribution in [2.75, 3.05) is 5.32 Å². The van der Waals surface area contributed by atoms with Crippen molar-refractivity contribution in [2.24, 2.45) is 0 Å². The summed E-state index contributed by atoms with van der Waals surface area (Å²) < 4.78 is 1.80. The molecule has 0 atom stereocenters. The van der Waals surface area contributed by atoms with Gasteiger partial charge in [-0.15, -0.1) is 0 Å². The average molecular weight is 330 g/mol. The highest BCUT2D eigenvalue weighted by atomic mass is 15.3. The molecule has 4 aromatic rings. The molecule has 0 bridgehead atoms. The lowest BCUT2D eigenvalue weighted by Crippen LogP contribution is -2.07. The highest BCUT2D eigenvalue weighted by Crippen LogP contribution is 2.17. The van der Waals surface area contributed by atoms with E-state index in [2.05, 4.69) is 43.6 Å². The molecule has 0 saturated carbocycles. The number of hydrogen-bond acceptors (Lipinski definition) is 5. The minimum absolute atomic E-state index is 0.629. The molecule has 0 saturated heterocycles. The second-order valence-corrected chi connectivity index (χ2v) is 5.95. The first-order valence-electron chi connectivity index (χ1n) is 8.13. The van der Waals surface area contributed by atoms with E-state index in [1.165, 1.54) is 0 Å². The standard InChI is InChI=1S/C19H18N6/c1-13-9-14(2)25(24-13)18-12-20-11-17(23-18)22-10-16-6-3-5-15-7-4-8-21-19(15)16/h3-9,11-12H,10H2,1-2H3,(H,22,23). The molecule has 4 rings (SSSR count). The molecule has 0 aliphatic carbocycles. The van der Waals surface area contributed by atoms with Crippen molar-refractivity contribution in [1.82, 2.24) is 24.7 Å². The van der Waals surface area contributed by atoms with Crippen LogP contribution in [0.1, 0.15) is 17.0 Å². The molecule has 0 radical (unpaired) electrons. The number of hydrogen-bond donors (Lipinski definition) is 1. The Morgan fingerprint density at radius 2 is 1.96 bits per heavy atom. The number of anilines is 1. The van der Waals surface area contributed by atoms with Crippen LogP contribution < -0.4 is 5.32 Å². The minimum Gasteiger partial charge on any atom is -0.365 e. The lowest BCUT2D eigenvalue weighted by atomic mass is 10.1. The number of nitrogens with zero attached hydrogens (tertiary/aromatic N) is 5. The molecule has 3 aromatic heterocycles. The van der Waals surface area contributed by atoms with E-state index < -0.39 is 0 Å². The lowest BCUT2D eigenvalue weighted by Gasteiger charge is -2.09. The lowest BCUT2D eigenvalue weighted by molar-refractivity contribution is 0.799. The maximum atomic E-state index is 4.62. The van der Waals surface area contributed by atoms with E-state index in [0.29, 0.717) is 18.2 Å². The summed E-state index contributed by atoms with van der Waals surface area (Å²) in [5, 5.41) is 8.92. The molecule has 6 heteroatoms. The van der Waals surface area contributed by atoms with Gasteiger partial charge in [-0.1, -0.05) is 24.3 Å². The summed E-state index contributed by atoms with van der Waals surface area (Å²) in [6.07, 6.45) is 5.24. The molecule has 3 heterocycles. The Labute approximate surface area is 145 Å². The molecule has 0 unspecified atom stereocenters. The van der Waals surface area contributed by atoms with Gasteiger partial charge in [0.25, 0.3) is 0 Å². The summed E-state index contributed by atoms with van der Waals surface area (Å²) in [6, 6.07) is 12.2. The minimum atomic E-state index is 0.629. The van der Waals surface area contributed by atoms with Crippen molar-refractivity contribution in [3.63, 3.8) is 0 Å². The van der Waals surface area contributed by atoms with Gasteiger partial charge >= 0.3 is 0 Å². The van der Waals surface area contributed by atoms with Gasteiger partial charge in [0, 0.05) is 23.8 Å². The van der Waals surface area contributed by atoms with E-state index >= 15 is 0 Å². The first-order valence-corrected chi connectivity index (χ1v) is 8.13. The van der Waals surface area contributed by atoms with E-state index in [0.717, 1.165) is 27.9 Å². The normalized spacial score (nSPS) is 11.0. The van der Waals surface area contributed by atoms with Gasteiger partial charge in [0.05, 0.1) is 23.6 Å². The van der Waals surface area contributed by atoms with Crippen LogP contribution >= 0.6 is 0 Å². The Kier molecular flexibility index (Phi) is 3.85. The zero-order valence-electron chi connectivity index (χ0n) is 14.1. The fourth-order valence-electron chi connectivity index (χ4n) is 2.90. The van der Waals surface area contributed by atoms with Crippen LogP contribution in [0.5, 0.6) is 0 Å². The predicted molar refractivity (Wildman–Crippen MR) is 97.7 cm³/mol. The SMILES string of the molecule is Cc1cc(C)n(-c2cncc(NCc3cccc4cccnc34)n2)n1. The third-order valence-corrected chi connectivity index (χ3v) is 4.02. The van der Waals surface area contributed by atoms with Crippen molar-refractivity contribution in [1.29, 1.82) is 0 Å². The van der Waals surface area contributed by atoms with Crippen molar-refractivity contribution < 1.29 is 0 Å². The Bertz CT molecular complexity index is 1030. The van der Waals surface area contributed by atoms with Crippen LogP contribution in [0.4, 0.5) is 5.82 Å². The van der Waals surface area contributed by atoms with Crippen LogP contribution in [0.3, 0.4) is 0 Å². The summed E-state index contributed by atoms with van der Waals surface area (Å²) in [7, 11) is 0. The second kappa shape index (κ2) is 6.32. The van der Waals surface area contributed by atoms with Crippen LogP contribution in [0, 0.1) is 13.8 Å². The Balaban J connectivity index is 1.59. The molecule has 0 spiro atoms. The number of aryl methyl sites for hydroxylation is 2. The van der Waals surface area contributed by atoms with Crippen LogP contribution in [0.2, 0.25) is 0 Å². The van der Waals surface area contributed by atoms with E-state index in [1.54, 1.807) is 17.1 Å². The average Bonchev–Trinajstić information content (AvgIpc) is 2.98. The molecule has 1 N–H and O–H groups in total. The highest BCUT2D eigenvalue weighted by molar-refractivity contribution is 5.81. The largest absolute Gasteiger partial charge is 0.365 e. The number of nitrogens with one attached hydrogen (secondary N) is 1. The Morgan fingerprint density at radius 3 is 2.80 bits per heavy atom. The number of rotatable bonds is 4. The molecule has 6 nitrogen and oxygen atoms in total. The summed E-state index contributed by atoms with van der Waals surface area (Å²) in [5.41, 5.74) is 4.11. The van der Waals surface area contributed by atoms with Crippen LogP contribution in [-0.2, 0) is 6.54 Å². The topological polar surface area (TPSA) is 68.5 Å². The summed E-state index contributed by atoms with van der Waals surface area (Å²) in [6.45, 7) is 4.60. The molecule has 0 aliphatic heterocycles. The van der Waals surface area contributed by atoms with Crippen LogP contribution in [0.15, 0.2) is 55.0 Å². The first-order chi connectivity index (χ1) is 12.2. The number of aromatic nitrogens is 5. The maximum Gasteiger partial charge on any atom is 0.174 e. The van der Waals surface area contributed by atoms with Gasteiger partial charge in [-0.3, -0.25) is 9.97 Å². The summed E-state index contributed by atoms with van der Waals surface area (Å²) in [5.74, 6) is 1.41. The molecule has 1 aromatic carbocycles. The molecule has 0 fully saturated rings. The highest BCUT2D eigenvalue weighted by Gasteiger charge is 2.07. The molecular weight excluding hydrogens is 312 g/mol. The van der Waals surface area contributed by atoms with E-state index in [-0.39, 0.29) is 0 Å². The van der Waals surface area contributed by atoms with Crippen LogP contribution in [-0.4, -0.2) is 24.7 Å². The van der Waals surface area contributed by atoms with Crippen molar-refractivity contribution >= 4 is 16.7 Å². The van der Waals surface area contributed by atoms with E-state index in [4.69, 9.17) is 0 Å². The molecular formula is C19H18N6. The number of para-hydroxylation sites is 1. The zero-order chi connectivity index (χ0) is 17.2. The van der Waals surface area contributed by atoms with E-state index in [9.17, 15) is 0 Å². The number of pyridine rings is 1. The fourth-order valence-corrected chi connectivity index (χ4v) is 2.90.